The summed E-state index contributed by atoms with van der Waals surface area (Å²) in [6, 6.07) is 3.76. The monoisotopic (exact) mass is 188 g/mol. The molecule has 0 bridgehead atoms. The van der Waals surface area contributed by atoms with Crippen LogP contribution in [0.25, 0.3) is 5.70 Å². The van der Waals surface area contributed by atoms with Crippen molar-refractivity contribution in [3.05, 3.63) is 49.3 Å². The lowest BCUT2D eigenvalue weighted by atomic mass is 10.2. The first-order chi connectivity index (χ1) is 6.84. The van der Waals surface area contributed by atoms with Crippen LogP contribution in [0.5, 0.6) is 0 Å². The van der Waals surface area contributed by atoms with Gasteiger partial charge in [-0.3, -0.25) is 9.98 Å². The van der Waals surface area contributed by atoms with E-state index in [1.165, 1.54) is 0 Å². The predicted molar refractivity (Wildman–Crippen MR) is 63.3 cm³/mol. The Labute approximate surface area is 85.7 Å². The number of pyridine rings is 1. The van der Waals surface area contributed by atoms with Gasteiger partial charge < -0.3 is 0 Å². The van der Waals surface area contributed by atoms with Crippen LogP contribution in [0.3, 0.4) is 0 Å². The van der Waals surface area contributed by atoms with Gasteiger partial charge in [0.1, 0.15) is 0 Å². The van der Waals surface area contributed by atoms with Gasteiger partial charge in [-0.25, -0.2) is 0 Å². The second kappa shape index (κ2) is 7.92. The highest BCUT2D eigenvalue weighted by Gasteiger charge is 1.92. The Bertz CT molecular complexity index is 299. The molecule has 0 aliphatic rings. The first-order valence-corrected chi connectivity index (χ1v) is 4.59. The standard InChI is InChI=1S/C10H10N2.C2H6/c1-3-6-12-9(2)10-5-4-7-11-8-10;1-2/h3-8H,1-2H2;1-2H3. The Morgan fingerprint density at radius 2 is 2.21 bits per heavy atom. The molecule has 0 unspecified atom stereocenters. The molecule has 1 rings (SSSR count). The Hall–Kier alpha value is -1.70. The summed E-state index contributed by atoms with van der Waals surface area (Å²) in [6.45, 7) is 11.3. The summed E-state index contributed by atoms with van der Waals surface area (Å²) >= 11 is 0. The van der Waals surface area contributed by atoms with Crippen LogP contribution in [-0.2, 0) is 0 Å². The molecule has 0 fully saturated rings. The van der Waals surface area contributed by atoms with Crippen molar-refractivity contribution >= 4 is 11.9 Å². The Morgan fingerprint density at radius 3 is 2.71 bits per heavy atom. The van der Waals surface area contributed by atoms with E-state index in [1.54, 1.807) is 24.7 Å². The second-order valence-corrected chi connectivity index (χ2v) is 2.20. The van der Waals surface area contributed by atoms with Gasteiger partial charge in [-0.1, -0.05) is 33.1 Å². The molecule has 0 aliphatic heterocycles. The molecule has 0 atom stereocenters. The molecule has 2 nitrogen and oxygen atoms in total. The fourth-order valence-corrected chi connectivity index (χ4v) is 0.751. The van der Waals surface area contributed by atoms with Gasteiger partial charge in [0.15, 0.2) is 0 Å². The minimum Gasteiger partial charge on any atom is -0.264 e. The SMILES string of the molecule is C=CC=NC(=C)c1cccnc1.CC. The van der Waals surface area contributed by atoms with E-state index < -0.39 is 0 Å². The molecule has 0 N–H and O–H groups in total. The zero-order valence-corrected chi connectivity index (χ0v) is 8.77. The van der Waals surface area contributed by atoms with Crippen molar-refractivity contribution in [3.8, 4) is 0 Å². The van der Waals surface area contributed by atoms with Crippen LogP contribution in [0, 0.1) is 0 Å². The van der Waals surface area contributed by atoms with E-state index in [0.717, 1.165) is 5.56 Å². The summed E-state index contributed by atoms with van der Waals surface area (Å²) in [7, 11) is 0. The third-order valence-electron chi connectivity index (χ3n) is 1.33. The zero-order chi connectivity index (χ0) is 10.8. The molecule has 0 aromatic carbocycles. The summed E-state index contributed by atoms with van der Waals surface area (Å²) < 4.78 is 0. The highest BCUT2D eigenvalue weighted by Crippen LogP contribution is 2.10. The van der Waals surface area contributed by atoms with Crippen molar-refractivity contribution in [2.45, 2.75) is 13.8 Å². The van der Waals surface area contributed by atoms with E-state index in [2.05, 4.69) is 23.1 Å². The van der Waals surface area contributed by atoms with Crippen LogP contribution in [0.1, 0.15) is 19.4 Å². The lowest BCUT2D eigenvalue weighted by Crippen LogP contribution is -1.80. The van der Waals surface area contributed by atoms with Crippen molar-refractivity contribution in [2.24, 2.45) is 4.99 Å². The lowest BCUT2D eigenvalue weighted by molar-refractivity contribution is 1.30. The Balaban J connectivity index is 0.000000791. The molecule has 74 valence electrons. The van der Waals surface area contributed by atoms with Gasteiger partial charge in [0.2, 0.25) is 0 Å². The van der Waals surface area contributed by atoms with Gasteiger partial charge in [0.05, 0.1) is 5.70 Å². The number of hydrogen-bond acceptors (Lipinski definition) is 2. The second-order valence-electron chi connectivity index (χ2n) is 2.20. The van der Waals surface area contributed by atoms with Gasteiger partial charge in [-0.05, 0) is 12.1 Å². The normalized spacial score (nSPS) is 9.00. The molecule has 0 saturated heterocycles. The molecule has 0 aliphatic carbocycles. The van der Waals surface area contributed by atoms with Crippen LogP contribution in [-0.4, -0.2) is 11.2 Å². The summed E-state index contributed by atoms with van der Waals surface area (Å²) in [5, 5.41) is 0. The van der Waals surface area contributed by atoms with E-state index in [-0.39, 0.29) is 0 Å². The van der Waals surface area contributed by atoms with Gasteiger partial charge in [0, 0.05) is 24.2 Å². The molecule has 1 aromatic heterocycles. The third kappa shape index (κ3) is 4.36. The van der Waals surface area contributed by atoms with E-state index in [1.807, 2.05) is 26.0 Å². The molecule has 14 heavy (non-hydrogen) atoms. The van der Waals surface area contributed by atoms with Crippen LogP contribution in [0.4, 0.5) is 0 Å². The molecule has 0 spiro atoms. The molecule has 0 radical (unpaired) electrons. The quantitative estimate of drug-likeness (QED) is 0.668. The molecular formula is C12H16N2. The maximum atomic E-state index is 4.04. The van der Waals surface area contributed by atoms with Gasteiger partial charge in [-0.15, -0.1) is 0 Å². The molecule has 0 saturated carbocycles. The predicted octanol–water partition coefficient (Wildman–Crippen LogP) is 3.34. The van der Waals surface area contributed by atoms with Crippen molar-refractivity contribution in [1.82, 2.24) is 4.98 Å². The summed E-state index contributed by atoms with van der Waals surface area (Å²) in [6.07, 6.45) is 6.66. The van der Waals surface area contributed by atoms with E-state index in [0.29, 0.717) is 5.70 Å². The van der Waals surface area contributed by atoms with Crippen LogP contribution >= 0.6 is 0 Å². The van der Waals surface area contributed by atoms with E-state index in [9.17, 15) is 0 Å². The topological polar surface area (TPSA) is 25.2 Å². The largest absolute Gasteiger partial charge is 0.264 e. The number of allylic oxidation sites excluding steroid dienone is 1. The van der Waals surface area contributed by atoms with Crippen molar-refractivity contribution in [2.75, 3.05) is 0 Å². The van der Waals surface area contributed by atoms with Crippen LogP contribution in [0.15, 0.2) is 48.8 Å². The average Bonchev–Trinajstić information content (AvgIpc) is 2.30. The fraction of sp³-hybridized carbons (Fsp3) is 0.167. The third-order valence-corrected chi connectivity index (χ3v) is 1.33. The van der Waals surface area contributed by atoms with Crippen LogP contribution < -0.4 is 0 Å². The maximum absolute atomic E-state index is 4.04. The van der Waals surface area contributed by atoms with E-state index >= 15 is 0 Å². The Kier molecular flexibility index (Phi) is 6.96. The molecule has 2 heteroatoms. The molecule has 1 heterocycles. The molecule has 1 aromatic rings. The highest BCUT2D eigenvalue weighted by molar-refractivity contribution is 5.78. The fourth-order valence-electron chi connectivity index (χ4n) is 0.751. The van der Waals surface area contributed by atoms with Crippen molar-refractivity contribution in [3.63, 3.8) is 0 Å². The van der Waals surface area contributed by atoms with Crippen molar-refractivity contribution in [1.29, 1.82) is 0 Å². The minimum absolute atomic E-state index is 0.697. The van der Waals surface area contributed by atoms with Gasteiger partial charge >= 0.3 is 0 Å². The number of hydrogen-bond donors (Lipinski definition) is 0. The van der Waals surface area contributed by atoms with E-state index in [4.69, 9.17) is 0 Å². The average molecular weight is 188 g/mol. The number of nitrogens with zero attached hydrogens (tertiary/aromatic N) is 2. The van der Waals surface area contributed by atoms with Crippen molar-refractivity contribution < 1.29 is 0 Å². The summed E-state index contributed by atoms with van der Waals surface area (Å²) in [4.78, 5) is 7.99. The number of aromatic nitrogens is 1. The molecule has 0 amide bonds. The summed E-state index contributed by atoms with van der Waals surface area (Å²) in [5.74, 6) is 0. The minimum atomic E-state index is 0.697. The smallest absolute Gasteiger partial charge is 0.0645 e. The number of aliphatic imine (C=N–C) groups is 1. The highest BCUT2D eigenvalue weighted by atomic mass is 14.7. The van der Waals surface area contributed by atoms with Gasteiger partial charge in [-0.2, -0.15) is 0 Å². The van der Waals surface area contributed by atoms with Gasteiger partial charge in [0.25, 0.3) is 0 Å². The lowest BCUT2D eigenvalue weighted by Gasteiger charge is -1.96. The summed E-state index contributed by atoms with van der Waals surface area (Å²) in [5.41, 5.74) is 1.62. The first kappa shape index (κ1) is 12.3. The zero-order valence-electron chi connectivity index (χ0n) is 8.77. The Morgan fingerprint density at radius 1 is 1.50 bits per heavy atom. The van der Waals surface area contributed by atoms with Crippen LogP contribution in [0.2, 0.25) is 0 Å². The first-order valence-electron chi connectivity index (χ1n) is 4.59. The maximum Gasteiger partial charge on any atom is 0.0645 e. The molecular weight excluding hydrogens is 172 g/mol. The number of rotatable bonds is 3.